The third kappa shape index (κ3) is 1.75. The van der Waals surface area contributed by atoms with Crippen LogP contribution >= 0.6 is 0 Å². The number of fused-ring (bicyclic) bond motifs is 1. The Hall–Kier alpha value is -1.81. The van der Waals surface area contributed by atoms with Gasteiger partial charge in [-0.25, -0.2) is 9.97 Å². The Morgan fingerprint density at radius 2 is 2.00 bits per heavy atom. The van der Waals surface area contributed by atoms with E-state index in [1.54, 1.807) is 0 Å². The number of hydrogen-bond donors (Lipinski definition) is 4. The summed E-state index contributed by atoms with van der Waals surface area (Å²) in [4.78, 5) is 11.4. The molecule has 1 fully saturated rings. The summed E-state index contributed by atoms with van der Waals surface area (Å²) in [6.45, 7) is -0.427. The van der Waals surface area contributed by atoms with Gasteiger partial charge in [0.2, 0.25) is 5.88 Å². The zero-order valence-corrected chi connectivity index (χ0v) is 9.66. The number of aromatic nitrogens is 4. The number of hydrogen-bond acceptors (Lipinski definition) is 8. The van der Waals surface area contributed by atoms with Crippen molar-refractivity contribution in [1.29, 1.82) is 0 Å². The van der Waals surface area contributed by atoms with Gasteiger partial charge in [0.25, 0.3) is 0 Å². The lowest BCUT2D eigenvalue weighted by molar-refractivity contribution is -0.0510. The maximum absolute atomic E-state index is 9.92. The van der Waals surface area contributed by atoms with Crippen LogP contribution in [0.5, 0.6) is 5.88 Å². The molecule has 0 aliphatic carbocycles. The van der Waals surface area contributed by atoms with Crippen LogP contribution in [0, 0.1) is 0 Å². The van der Waals surface area contributed by atoms with Crippen molar-refractivity contribution < 1.29 is 25.2 Å². The van der Waals surface area contributed by atoms with Crippen molar-refractivity contribution in [3.63, 3.8) is 0 Å². The second-order valence-corrected chi connectivity index (χ2v) is 4.25. The highest BCUT2D eigenvalue weighted by Crippen LogP contribution is 2.33. The van der Waals surface area contributed by atoms with Crippen LogP contribution in [0.4, 0.5) is 0 Å². The molecule has 9 nitrogen and oxygen atoms in total. The lowest BCUT2D eigenvalue weighted by Crippen LogP contribution is -2.33. The van der Waals surface area contributed by atoms with Crippen molar-refractivity contribution in [2.75, 3.05) is 6.61 Å². The Morgan fingerprint density at radius 1 is 1.21 bits per heavy atom. The molecule has 3 heterocycles. The molecule has 0 bridgehead atoms. The van der Waals surface area contributed by atoms with E-state index in [2.05, 4.69) is 15.0 Å². The normalized spacial score (nSPS) is 31.1. The van der Waals surface area contributed by atoms with Crippen LogP contribution in [-0.4, -0.2) is 64.9 Å². The molecular formula is C10H12N4O5. The fraction of sp³-hybridized carbons (Fsp3) is 0.500. The van der Waals surface area contributed by atoms with E-state index in [9.17, 15) is 15.3 Å². The molecule has 1 aliphatic rings. The van der Waals surface area contributed by atoms with Crippen LogP contribution in [0.25, 0.3) is 11.2 Å². The number of aliphatic hydroxyl groups excluding tert-OH is 3. The van der Waals surface area contributed by atoms with Gasteiger partial charge >= 0.3 is 0 Å². The number of nitrogens with zero attached hydrogens (tertiary/aromatic N) is 4. The van der Waals surface area contributed by atoms with Crippen LogP contribution < -0.4 is 0 Å². The quantitative estimate of drug-likeness (QED) is 0.498. The van der Waals surface area contributed by atoms with Gasteiger partial charge in [-0.3, -0.25) is 4.57 Å². The van der Waals surface area contributed by atoms with E-state index >= 15 is 0 Å². The molecule has 1 saturated heterocycles. The summed E-state index contributed by atoms with van der Waals surface area (Å²) in [6.07, 6.45) is -1.88. The predicted molar refractivity (Wildman–Crippen MR) is 60.0 cm³/mol. The van der Waals surface area contributed by atoms with Crippen molar-refractivity contribution in [2.45, 2.75) is 24.5 Å². The molecule has 9 heteroatoms. The summed E-state index contributed by atoms with van der Waals surface area (Å²) >= 11 is 0. The minimum atomic E-state index is -1.26. The first kappa shape index (κ1) is 12.2. The van der Waals surface area contributed by atoms with Gasteiger partial charge in [-0.15, -0.1) is 0 Å². The maximum atomic E-state index is 9.92. The standard InChI is InChI=1S/C10H12N4O5/c15-1-4-6(16)7(17)10(19-4)14-3-13-8-5(14)9(18)12-2-11-8/h2-4,6-7,10,15-17H,1H2,(H,11,12,18)/t4-,6-,7-,10-/m1/s1. The maximum Gasteiger partial charge on any atom is 0.241 e. The summed E-state index contributed by atoms with van der Waals surface area (Å²) in [6, 6.07) is 0. The topological polar surface area (TPSA) is 134 Å². The van der Waals surface area contributed by atoms with Crippen molar-refractivity contribution in [3.8, 4) is 5.88 Å². The van der Waals surface area contributed by atoms with Crippen LogP contribution in [0.1, 0.15) is 6.23 Å². The van der Waals surface area contributed by atoms with E-state index in [1.807, 2.05) is 0 Å². The number of aromatic hydroxyl groups is 1. The number of imidazole rings is 1. The average Bonchev–Trinajstić information content (AvgIpc) is 2.94. The second-order valence-electron chi connectivity index (χ2n) is 4.25. The van der Waals surface area contributed by atoms with Crippen molar-refractivity contribution in [3.05, 3.63) is 12.7 Å². The summed E-state index contributed by atoms with van der Waals surface area (Å²) in [5.41, 5.74) is 0.433. The lowest BCUT2D eigenvalue weighted by Gasteiger charge is -2.16. The highest BCUT2D eigenvalue weighted by Gasteiger charge is 2.44. The number of aliphatic hydroxyl groups is 3. The fourth-order valence-electron chi connectivity index (χ4n) is 2.16. The van der Waals surface area contributed by atoms with Gasteiger partial charge in [-0.2, -0.15) is 4.98 Å². The molecule has 0 amide bonds. The Labute approximate surface area is 106 Å². The first-order valence-electron chi connectivity index (χ1n) is 5.62. The summed E-state index contributed by atoms with van der Waals surface area (Å²) in [7, 11) is 0. The minimum absolute atomic E-state index is 0.192. The monoisotopic (exact) mass is 268 g/mol. The Balaban J connectivity index is 2.06. The molecule has 4 atom stereocenters. The highest BCUT2D eigenvalue weighted by molar-refractivity contribution is 5.75. The van der Waals surface area contributed by atoms with Gasteiger partial charge in [0.15, 0.2) is 17.4 Å². The fourth-order valence-corrected chi connectivity index (χ4v) is 2.16. The zero-order chi connectivity index (χ0) is 13.6. The van der Waals surface area contributed by atoms with E-state index < -0.39 is 31.1 Å². The van der Waals surface area contributed by atoms with Crippen molar-refractivity contribution in [1.82, 2.24) is 19.5 Å². The van der Waals surface area contributed by atoms with E-state index in [4.69, 9.17) is 9.84 Å². The molecule has 0 saturated carbocycles. The first-order valence-corrected chi connectivity index (χ1v) is 5.62. The van der Waals surface area contributed by atoms with Gasteiger partial charge in [-0.05, 0) is 0 Å². The van der Waals surface area contributed by atoms with E-state index in [0.29, 0.717) is 0 Å². The SMILES string of the molecule is OC[C@H]1O[C@@H](n2cnc3ncnc(O)c32)[C@H](O)[C@@H]1O. The molecule has 0 radical (unpaired) electrons. The van der Waals surface area contributed by atoms with Gasteiger partial charge < -0.3 is 25.2 Å². The molecule has 3 rings (SSSR count). The molecule has 2 aromatic heterocycles. The molecule has 4 N–H and O–H groups in total. The molecule has 102 valence electrons. The Morgan fingerprint density at radius 3 is 2.68 bits per heavy atom. The highest BCUT2D eigenvalue weighted by atomic mass is 16.6. The Bertz CT molecular complexity index is 603. The number of ether oxygens (including phenoxy) is 1. The van der Waals surface area contributed by atoms with Crippen molar-refractivity contribution in [2.24, 2.45) is 0 Å². The Kier molecular flexibility index (Phi) is 2.82. The van der Waals surface area contributed by atoms with Gasteiger partial charge in [-0.1, -0.05) is 0 Å². The van der Waals surface area contributed by atoms with Gasteiger partial charge in [0, 0.05) is 0 Å². The summed E-state index contributed by atoms with van der Waals surface area (Å²) < 4.78 is 6.68. The van der Waals surface area contributed by atoms with E-state index in [0.717, 1.165) is 6.33 Å². The lowest BCUT2D eigenvalue weighted by atomic mass is 10.1. The molecule has 0 unspecified atom stereocenters. The first-order chi connectivity index (χ1) is 9.13. The molecule has 19 heavy (non-hydrogen) atoms. The average molecular weight is 268 g/mol. The summed E-state index contributed by atoms with van der Waals surface area (Å²) in [5.74, 6) is -0.305. The van der Waals surface area contributed by atoms with Crippen molar-refractivity contribution >= 4 is 11.2 Å². The largest absolute Gasteiger partial charge is 0.492 e. The van der Waals surface area contributed by atoms with Gasteiger partial charge in [0.05, 0.1) is 6.61 Å². The van der Waals surface area contributed by atoms with Crippen LogP contribution in [0.2, 0.25) is 0 Å². The van der Waals surface area contributed by atoms with Crippen LogP contribution in [0.15, 0.2) is 12.7 Å². The number of rotatable bonds is 2. The minimum Gasteiger partial charge on any atom is -0.492 e. The van der Waals surface area contributed by atoms with E-state index in [-0.39, 0.29) is 17.0 Å². The van der Waals surface area contributed by atoms with E-state index in [1.165, 1.54) is 10.9 Å². The molecule has 2 aromatic rings. The second kappa shape index (κ2) is 4.38. The molecular weight excluding hydrogens is 256 g/mol. The third-order valence-electron chi connectivity index (χ3n) is 3.14. The van der Waals surface area contributed by atoms with Crippen LogP contribution in [0.3, 0.4) is 0 Å². The zero-order valence-electron chi connectivity index (χ0n) is 9.66. The molecule has 0 aromatic carbocycles. The molecule has 0 spiro atoms. The van der Waals surface area contributed by atoms with Gasteiger partial charge in [0.1, 0.15) is 31.0 Å². The third-order valence-corrected chi connectivity index (χ3v) is 3.14. The molecule has 1 aliphatic heterocycles. The predicted octanol–water partition coefficient (Wildman–Crippen LogP) is -1.86. The summed E-state index contributed by atoms with van der Waals surface area (Å²) in [5, 5.41) is 38.4. The van der Waals surface area contributed by atoms with Crippen LogP contribution in [-0.2, 0) is 4.74 Å². The smallest absolute Gasteiger partial charge is 0.241 e.